The molecular weight excluding hydrogens is 376 g/mol. The Morgan fingerprint density at radius 1 is 1.33 bits per heavy atom. The van der Waals surface area contributed by atoms with Crippen molar-refractivity contribution in [2.45, 2.75) is 52.5 Å². The summed E-state index contributed by atoms with van der Waals surface area (Å²) in [6, 6.07) is 11.3. The summed E-state index contributed by atoms with van der Waals surface area (Å²) in [5.41, 5.74) is 8.05. The molecule has 2 aromatic carbocycles. The minimum Gasteiger partial charge on any atom is -0.495 e. The highest BCUT2D eigenvalue weighted by atomic mass is 16.5. The molecule has 0 spiro atoms. The number of urea groups is 1. The third-order valence-electron chi connectivity index (χ3n) is 5.81. The maximum Gasteiger partial charge on any atom is 0.339 e. The normalized spacial score (nSPS) is 17.5. The van der Waals surface area contributed by atoms with Crippen molar-refractivity contribution in [3.63, 3.8) is 0 Å². The number of hydrogen-bond acceptors (Lipinski definition) is 4. The Morgan fingerprint density at radius 2 is 2.07 bits per heavy atom. The lowest BCUT2D eigenvalue weighted by molar-refractivity contribution is 0.252. The molecule has 0 aliphatic carbocycles. The SMILES string of the molecule is CCN1c2cc(C)c(/C=N/NC(=O)Nc3ccccc3OC)cc2[C@@H](C)CC1(C)C. The van der Waals surface area contributed by atoms with Gasteiger partial charge >= 0.3 is 6.03 Å². The zero-order chi connectivity index (χ0) is 21.9. The van der Waals surface area contributed by atoms with Gasteiger partial charge in [0, 0.05) is 17.8 Å². The topological polar surface area (TPSA) is 66.0 Å². The lowest BCUT2D eigenvalue weighted by atomic mass is 9.79. The number of anilines is 2. The van der Waals surface area contributed by atoms with Gasteiger partial charge in [0.25, 0.3) is 0 Å². The van der Waals surface area contributed by atoms with E-state index >= 15 is 0 Å². The third kappa shape index (κ3) is 4.42. The van der Waals surface area contributed by atoms with E-state index in [9.17, 15) is 4.79 Å². The summed E-state index contributed by atoms with van der Waals surface area (Å²) in [5.74, 6) is 1.06. The van der Waals surface area contributed by atoms with Gasteiger partial charge in [0.05, 0.1) is 19.0 Å². The number of amides is 2. The second-order valence-electron chi connectivity index (χ2n) is 8.45. The predicted molar refractivity (Wildman–Crippen MR) is 124 cm³/mol. The summed E-state index contributed by atoms with van der Waals surface area (Å²) in [6.45, 7) is 12.2. The number of carbonyl (C=O) groups is 1. The largest absolute Gasteiger partial charge is 0.495 e. The van der Waals surface area contributed by atoms with Crippen molar-refractivity contribution in [1.29, 1.82) is 0 Å². The molecule has 0 saturated heterocycles. The van der Waals surface area contributed by atoms with Crippen LogP contribution in [-0.4, -0.2) is 31.4 Å². The highest BCUT2D eigenvalue weighted by Gasteiger charge is 2.35. The Morgan fingerprint density at radius 3 is 2.77 bits per heavy atom. The van der Waals surface area contributed by atoms with Gasteiger partial charge in [-0.2, -0.15) is 5.10 Å². The molecule has 0 radical (unpaired) electrons. The van der Waals surface area contributed by atoms with E-state index < -0.39 is 6.03 Å². The van der Waals surface area contributed by atoms with Gasteiger partial charge in [-0.25, -0.2) is 10.2 Å². The van der Waals surface area contributed by atoms with Crippen LogP contribution >= 0.6 is 0 Å². The molecule has 2 N–H and O–H groups in total. The molecule has 6 heteroatoms. The van der Waals surface area contributed by atoms with Gasteiger partial charge in [-0.1, -0.05) is 19.1 Å². The first-order chi connectivity index (χ1) is 14.3. The zero-order valence-electron chi connectivity index (χ0n) is 18.7. The molecule has 6 nitrogen and oxygen atoms in total. The van der Waals surface area contributed by atoms with E-state index in [1.807, 2.05) is 12.1 Å². The quantitative estimate of drug-likeness (QED) is 0.523. The standard InChI is InChI=1S/C24H32N4O2/c1-7-28-21-12-16(2)18(13-19(21)17(3)14-24(28,4)5)15-25-27-23(29)26-20-10-8-9-11-22(20)30-6/h8-13,15,17H,7,14H2,1-6H3,(H2,26,27,29)/b25-15+/t17-/m0/s1. The van der Waals surface area contributed by atoms with E-state index in [0.29, 0.717) is 17.4 Å². The summed E-state index contributed by atoms with van der Waals surface area (Å²) in [5, 5.41) is 6.90. The number of carbonyl (C=O) groups excluding carboxylic acids is 1. The van der Waals surface area contributed by atoms with Gasteiger partial charge in [-0.15, -0.1) is 0 Å². The van der Waals surface area contributed by atoms with Crippen molar-refractivity contribution in [3.8, 4) is 5.75 Å². The van der Waals surface area contributed by atoms with Crippen LogP contribution in [0.3, 0.4) is 0 Å². The number of rotatable bonds is 5. The van der Waals surface area contributed by atoms with Crippen LogP contribution in [0.15, 0.2) is 41.5 Å². The first-order valence-electron chi connectivity index (χ1n) is 10.4. The number of benzene rings is 2. The number of aryl methyl sites for hydroxylation is 1. The van der Waals surface area contributed by atoms with Gasteiger partial charge < -0.3 is 15.0 Å². The fourth-order valence-corrected chi connectivity index (χ4v) is 4.45. The first-order valence-corrected chi connectivity index (χ1v) is 10.4. The van der Waals surface area contributed by atoms with Crippen LogP contribution in [0.1, 0.15) is 56.7 Å². The smallest absolute Gasteiger partial charge is 0.339 e. The average molecular weight is 409 g/mol. The van der Waals surface area contributed by atoms with Crippen LogP contribution in [0.5, 0.6) is 5.75 Å². The Kier molecular flexibility index (Phi) is 6.34. The highest BCUT2D eigenvalue weighted by Crippen LogP contribution is 2.43. The second kappa shape index (κ2) is 8.78. The van der Waals surface area contributed by atoms with Crippen molar-refractivity contribution < 1.29 is 9.53 Å². The molecule has 0 fully saturated rings. The predicted octanol–water partition coefficient (Wildman–Crippen LogP) is 5.27. The minimum atomic E-state index is -0.418. The molecule has 1 atom stereocenters. The number of hydrogen-bond donors (Lipinski definition) is 2. The molecule has 2 amide bonds. The Balaban J connectivity index is 1.75. The fourth-order valence-electron chi connectivity index (χ4n) is 4.45. The van der Waals surface area contributed by atoms with E-state index in [1.165, 1.54) is 11.3 Å². The van der Waals surface area contributed by atoms with E-state index in [1.54, 1.807) is 25.5 Å². The molecule has 0 saturated carbocycles. The summed E-state index contributed by atoms with van der Waals surface area (Å²) in [6.07, 6.45) is 2.81. The number of nitrogens with zero attached hydrogens (tertiary/aromatic N) is 2. The van der Waals surface area contributed by atoms with Crippen molar-refractivity contribution in [2.75, 3.05) is 23.9 Å². The molecule has 1 aliphatic rings. The Labute approximate surface area is 179 Å². The van der Waals surface area contributed by atoms with Crippen LogP contribution < -0.4 is 20.4 Å². The monoisotopic (exact) mass is 408 g/mol. The first kappa shape index (κ1) is 21.7. The number of methoxy groups -OCH3 is 1. The van der Waals surface area contributed by atoms with E-state index in [2.05, 4.69) is 67.5 Å². The van der Waals surface area contributed by atoms with E-state index in [0.717, 1.165) is 24.1 Å². The highest BCUT2D eigenvalue weighted by molar-refractivity contribution is 5.92. The van der Waals surface area contributed by atoms with Crippen LogP contribution in [-0.2, 0) is 0 Å². The Bertz CT molecular complexity index is 952. The van der Waals surface area contributed by atoms with Gasteiger partial charge in [0.1, 0.15) is 5.75 Å². The molecule has 1 aliphatic heterocycles. The molecule has 1 heterocycles. The summed E-state index contributed by atoms with van der Waals surface area (Å²) >= 11 is 0. The van der Waals surface area contributed by atoms with E-state index in [-0.39, 0.29) is 5.54 Å². The van der Waals surface area contributed by atoms with E-state index in [4.69, 9.17) is 4.74 Å². The molecule has 2 aromatic rings. The van der Waals surface area contributed by atoms with Crippen molar-refractivity contribution in [1.82, 2.24) is 5.43 Å². The average Bonchev–Trinajstić information content (AvgIpc) is 2.69. The number of nitrogens with one attached hydrogen (secondary N) is 2. The lowest BCUT2D eigenvalue weighted by Gasteiger charge is -2.47. The third-order valence-corrected chi connectivity index (χ3v) is 5.81. The minimum absolute atomic E-state index is 0.140. The van der Waals surface area contributed by atoms with Crippen molar-refractivity contribution in [2.24, 2.45) is 5.10 Å². The summed E-state index contributed by atoms with van der Waals surface area (Å²) in [4.78, 5) is 14.7. The second-order valence-corrected chi connectivity index (χ2v) is 8.45. The number of hydrazone groups is 1. The van der Waals surface area contributed by atoms with Crippen LogP contribution in [0.25, 0.3) is 0 Å². The van der Waals surface area contributed by atoms with Crippen LogP contribution in [0, 0.1) is 6.92 Å². The van der Waals surface area contributed by atoms with Crippen LogP contribution in [0.4, 0.5) is 16.2 Å². The van der Waals surface area contributed by atoms with Gasteiger partial charge in [0.15, 0.2) is 0 Å². The maximum atomic E-state index is 12.2. The maximum absolute atomic E-state index is 12.2. The number of fused-ring (bicyclic) bond motifs is 1. The summed E-state index contributed by atoms with van der Waals surface area (Å²) < 4.78 is 5.25. The molecule has 160 valence electrons. The van der Waals surface area contributed by atoms with Gasteiger partial charge in [-0.05, 0) is 81.0 Å². The number of ether oxygens (including phenoxy) is 1. The Hall–Kier alpha value is -3.02. The molecule has 0 unspecified atom stereocenters. The van der Waals surface area contributed by atoms with Gasteiger partial charge in [0.2, 0.25) is 0 Å². The fraction of sp³-hybridized carbons (Fsp3) is 0.417. The molecule has 3 rings (SSSR count). The van der Waals surface area contributed by atoms with Crippen LogP contribution in [0.2, 0.25) is 0 Å². The lowest BCUT2D eigenvalue weighted by Crippen LogP contribution is -2.48. The summed E-state index contributed by atoms with van der Waals surface area (Å²) in [7, 11) is 1.57. The molecule has 30 heavy (non-hydrogen) atoms. The number of para-hydroxylation sites is 2. The van der Waals surface area contributed by atoms with Gasteiger partial charge in [-0.3, -0.25) is 0 Å². The van der Waals surface area contributed by atoms with Crippen molar-refractivity contribution >= 4 is 23.6 Å². The molecular formula is C24H32N4O2. The molecule has 0 bridgehead atoms. The molecule has 0 aromatic heterocycles. The zero-order valence-corrected chi connectivity index (χ0v) is 18.7. The van der Waals surface area contributed by atoms with Crippen molar-refractivity contribution in [3.05, 3.63) is 53.1 Å².